The van der Waals surface area contributed by atoms with Crippen molar-refractivity contribution in [3.8, 4) is 0 Å². The average molecular weight is 396 g/mol. The van der Waals surface area contributed by atoms with Crippen LogP contribution >= 0.6 is 11.8 Å². The summed E-state index contributed by atoms with van der Waals surface area (Å²) in [4.78, 5) is 19.8. The Labute approximate surface area is 157 Å². The number of nitrogens with zero attached hydrogens (tertiary/aromatic N) is 2. The minimum absolute atomic E-state index is 0.192. The third-order valence-corrected chi connectivity index (χ3v) is 5.79. The zero-order valence-corrected chi connectivity index (χ0v) is 15.4. The lowest BCUT2D eigenvalue weighted by molar-refractivity contribution is -0.141. The molecule has 27 heavy (non-hydrogen) atoms. The first-order valence-electron chi connectivity index (χ1n) is 8.20. The van der Waals surface area contributed by atoms with E-state index in [0.717, 1.165) is 24.0 Å². The molecule has 0 radical (unpaired) electrons. The highest BCUT2D eigenvalue weighted by molar-refractivity contribution is 8.15. The minimum atomic E-state index is -4.60. The van der Waals surface area contributed by atoms with E-state index in [1.807, 2.05) is 6.92 Å². The molecule has 1 amide bonds. The summed E-state index contributed by atoms with van der Waals surface area (Å²) >= 11 is 1.11. The van der Waals surface area contributed by atoms with E-state index in [1.54, 1.807) is 25.1 Å². The fourth-order valence-corrected chi connectivity index (χ4v) is 4.23. The summed E-state index contributed by atoms with van der Waals surface area (Å²) in [6.07, 6.45) is -3.23. The summed E-state index contributed by atoms with van der Waals surface area (Å²) in [6, 6.07) is 8.61. The minimum Gasteiger partial charge on any atom is -0.271 e. The highest BCUT2D eigenvalue weighted by Gasteiger charge is 2.44. The van der Waals surface area contributed by atoms with Crippen molar-refractivity contribution in [1.29, 1.82) is 0 Å². The Morgan fingerprint density at radius 1 is 1.22 bits per heavy atom. The van der Waals surface area contributed by atoms with Gasteiger partial charge in [0.15, 0.2) is 0 Å². The van der Waals surface area contributed by atoms with Crippen LogP contribution in [0.3, 0.4) is 0 Å². The van der Waals surface area contributed by atoms with Crippen LogP contribution in [0.15, 0.2) is 47.6 Å². The number of halogens is 4. The van der Waals surface area contributed by atoms with Crippen LogP contribution in [-0.2, 0) is 15.7 Å². The summed E-state index contributed by atoms with van der Waals surface area (Å²) in [5, 5.41) is 0.476. The van der Waals surface area contributed by atoms with Gasteiger partial charge in [-0.3, -0.25) is 9.78 Å². The summed E-state index contributed by atoms with van der Waals surface area (Å²) in [6.45, 7) is 3.36. The highest BCUT2D eigenvalue weighted by Crippen LogP contribution is 2.45. The first kappa shape index (κ1) is 19.5. The molecule has 1 aliphatic heterocycles. The van der Waals surface area contributed by atoms with Crippen molar-refractivity contribution >= 4 is 22.7 Å². The number of rotatable bonds is 4. The van der Waals surface area contributed by atoms with Crippen LogP contribution in [0.4, 0.5) is 17.6 Å². The van der Waals surface area contributed by atoms with Gasteiger partial charge < -0.3 is 0 Å². The van der Waals surface area contributed by atoms with E-state index in [-0.39, 0.29) is 17.3 Å². The molecule has 2 atom stereocenters. The van der Waals surface area contributed by atoms with Crippen LogP contribution in [0, 0.1) is 5.82 Å². The molecule has 1 aromatic heterocycles. The van der Waals surface area contributed by atoms with Gasteiger partial charge >= 0.3 is 6.18 Å². The summed E-state index contributed by atoms with van der Waals surface area (Å²) < 4.78 is 51.5. The van der Waals surface area contributed by atoms with Gasteiger partial charge in [-0.15, -0.1) is 0 Å². The number of carbonyl (C=O) groups is 1. The Morgan fingerprint density at radius 3 is 2.59 bits per heavy atom. The van der Waals surface area contributed by atoms with Crippen LogP contribution in [0.5, 0.6) is 0 Å². The number of amides is 1. The lowest BCUT2D eigenvalue weighted by Gasteiger charge is -2.22. The zero-order chi connectivity index (χ0) is 19.8. The van der Waals surface area contributed by atoms with Crippen molar-refractivity contribution in [3.05, 3.63) is 65.2 Å². The average Bonchev–Trinajstić information content (AvgIpc) is 2.89. The van der Waals surface area contributed by atoms with Crippen molar-refractivity contribution in [2.24, 2.45) is 4.99 Å². The molecule has 142 valence electrons. The normalized spacial score (nSPS) is 21.3. The molecule has 0 N–H and O–H groups in total. The van der Waals surface area contributed by atoms with Crippen LogP contribution in [-0.4, -0.2) is 15.9 Å². The second kappa shape index (κ2) is 7.07. The first-order chi connectivity index (χ1) is 12.6. The highest BCUT2D eigenvalue weighted by atomic mass is 32.2. The SMILES string of the molecule is C[C@H](CC1=NC(=O)C(C)(c2ccnc(C(F)(F)F)c2)S1)c1ccccc1F. The van der Waals surface area contributed by atoms with Crippen LogP contribution in [0.2, 0.25) is 0 Å². The summed E-state index contributed by atoms with van der Waals surface area (Å²) in [5.74, 6) is -1.09. The van der Waals surface area contributed by atoms with Crippen molar-refractivity contribution in [2.45, 2.75) is 37.1 Å². The Morgan fingerprint density at radius 2 is 1.93 bits per heavy atom. The van der Waals surface area contributed by atoms with Crippen LogP contribution < -0.4 is 0 Å². The van der Waals surface area contributed by atoms with Gasteiger partial charge in [-0.1, -0.05) is 36.9 Å². The Balaban J connectivity index is 1.82. The lowest BCUT2D eigenvalue weighted by Crippen LogP contribution is -2.25. The van der Waals surface area contributed by atoms with E-state index in [1.165, 1.54) is 12.1 Å². The topological polar surface area (TPSA) is 42.3 Å². The molecule has 1 unspecified atom stereocenters. The third kappa shape index (κ3) is 3.90. The molecule has 2 heterocycles. The fraction of sp³-hybridized carbons (Fsp3) is 0.316. The maximum absolute atomic E-state index is 13.9. The van der Waals surface area contributed by atoms with Gasteiger partial charge in [-0.2, -0.15) is 13.2 Å². The first-order valence-corrected chi connectivity index (χ1v) is 9.02. The molecule has 0 fully saturated rings. The van der Waals surface area contributed by atoms with Crippen LogP contribution in [0.1, 0.15) is 43.0 Å². The van der Waals surface area contributed by atoms with Gasteiger partial charge in [0, 0.05) is 12.6 Å². The van der Waals surface area contributed by atoms with E-state index in [4.69, 9.17) is 0 Å². The molecule has 2 aromatic rings. The summed E-state index contributed by atoms with van der Waals surface area (Å²) in [7, 11) is 0. The number of hydrogen-bond acceptors (Lipinski definition) is 3. The largest absolute Gasteiger partial charge is 0.433 e. The maximum atomic E-state index is 13.9. The van der Waals surface area contributed by atoms with E-state index < -0.39 is 22.5 Å². The smallest absolute Gasteiger partial charge is 0.271 e. The van der Waals surface area contributed by atoms with Gasteiger partial charge in [0.05, 0.1) is 5.04 Å². The molecule has 3 nitrogen and oxygen atoms in total. The number of alkyl halides is 3. The second-order valence-electron chi connectivity index (χ2n) is 6.50. The number of hydrogen-bond donors (Lipinski definition) is 0. The number of carbonyl (C=O) groups excluding carboxylic acids is 1. The molecule has 1 aromatic carbocycles. The number of benzene rings is 1. The molecule has 0 saturated carbocycles. The van der Waals surface area contributed by atoms with E-state index in [9.17, 15) is 22.4 Å². The van der Waals surface area contributed by atoms with Gasteiger partial charge in [0.25, 0.3) is 5.91 Å². The van der Waals surface area contributed by atoms with Gasteiger partial charge in [-0.25, -0.2) is 9.38 Å². The molecule has 0 bridgehead atoms. The van der Waals surface area contributed by atoms with Gasteiger partial charge in [-0.05, 0) is 42.2 Å². The number of thioether (sulfide) groups is 1. The van der Waals surface area contributed by atoms with Gasteiger partial charge in [0.1, 0.15) is 16.3 Å². The third-order valence-electron chi connectivity index (χ3n) is 4.47. The van der Waals surface area contributed by atoms with Crippen molar-refractivity contribution < 1.29 is 22.4 Å². The molecule has 0 saturated heterocycles. The van der Waals surface area contributed by atoms with E-state index in [2.05, 4.69) is 9.98 Å². The number of pyridine rings is 1. The van der Waals surface area contributed by atoms with Crippen LogP contribution in [0.25, 0.3) is 0 Å². The van der Waals surface area contributed by atoms with E-state index >= 15 is 0 Å². The second-order valence-corrected chi connectivity index (χ2v) is 7.99. The summed E-state index contributed by atoms with van der Waals surface area (Å²) in [5.41, 5.74) is -0.356. The number of aliphatic imine (C=N–C) groups is 1. The van der Waals surface area contributed by atoms with Crippen molar-refractivity contribution in [2.75, 3.05) is 0 Å². The lowest BCUT2D eigenvalue weighted by atomic mass is 9.97. The molecule has 0 spiro atoms. The monoisotopic (exact) mass is 396 g/mol. The molecule has 0 aliphatic carbocycles. The van der Waals surface area contributed by atoms with Gasteiger partial charge in [0.2, 0.25) is 0 Å². The maximum Gasteiger partial charge on any atom is 0.433 e. The predicted molar refractivity (Wildman–Crippen MR) is 96.1 cm³/mol. The Bertz CT molecular complexity index is 913. The predicted octanol–water partition coefficient (Wildman–Crippen LogP) is 5.32. The number of aromatic nitrogens is 1. The quantitative estimate of drug-likeness (QED) is 0.657. The zero-order valence-electron chi connectivity index (χ0n) is 14.5. The van der Waals surface area contributed by atoms with Crippen molar-refractivity contribution in [1.82, 2.24) is 4.98 Å². The van der Waals surface area contributed by atoms with Crippen molar-refractivity contribution in [3.63, 3.8) is 0 Å². The fourth-order valence-electron chi connectivity index (χ4n) is 2.92. The molecular formula is C19H16F4N2OS. The molecular weight excluding hydrogens is 380 g/mol. The van der Waals surface area contributed by atoms with E-state index in [0.29, 0.717) is 17.0 Å². The Hall–Kier alpha value is -2.22. The standard InChI is InChI=1S/C19H16F4N2OS/c1-11(13-5-3-4-6-14(13)20)9-16-25-17(26)18(2,27-16)12-7-8-24-15(10-12)19(21,22)23/h3-8,10-11H,9H2,1-2H3/t11-,18?/m1/s1. The molecule has 3 rings (SSSR count). The molecule has 1 aliphatic rings. The Kier molecular flexibility index (Phi) is 5.12. The molecule has 8 heteroatoms.